The highest BCUT2D eigenvalue weighted by molar-refractivity contribution is 5.29. The number of nitriles is 2. The predicted molar refractivity (Wildman–Crippen MR) is 58.7 cm³/mol. The Bertz CT molecular complexity index is 431. The Morgan fingerprint density at radius 1 is 1.18 bits per heavy atom. The average Bonchev–Trinajstić information content (AvgIpc) is 2.38. The summed E-state index contributed by atoms with van der Waals surface area (Å²) in [5.74, 6) is 0.572. The first-order valence-corrected chi connectivity index (χ1v) is 5.04. The molecule has 0 radical (unpaired) electrons. The van der Waals surface area contributed by atoms with Crippen molar-refractivity contribution in [3.05, 3.63) is 29.8 Å². The van der Waals surface area contributed by atoms with Crippen molar-refractivity contribution in [1.82, 2.24) is 0 Å². The van der Waals surface area contributed by atoms with Crippen LogP contribution in [0.15, 0.2) is 24.3 Å². The van der Waals surface area contributed by atoms with Gasteiger partial charge in [0.1, 0.15) is 18.5 Å². The SMILES string of the molecule is N#CCCOc1ccc(C(O)C(O)C#N)cc1. The number of nitrogens with zero attached hydrogens (tertiary/aromatic N) is 2. The number of benzene rings is 1. The standard InChI is InChI=1S/C12H12N2O3/c13-6-1-7-17-10-4-2-9(3-5-10)12(16)11(15)8-14/h2-5,11-12,15-16H,1,7H2. The van der Waals surface area contributed by atoms with Gasteiger partial charge in [0, 0.05) is 0 Å². The summed E-state index contributed by atoms with van der Waals surface area (Å²) in [7, 11) is 0. The van der Waals surface area contributed by atoms with Crippen LogP contribution in [0, 0.1) is 22.7 Å². The maximum absolute atomic E-state index is 9.54. The lowest BCUT2D eigenvalue weighted by Gasteiger charge is -2.12. The minimum absolute atomic E-state index is 0.303. The normalized spacial score (nSPS) is 13.2. The number of ether oxygens (including phenoxy) is 1. The van der Waals surface area contributed by atoms with Gasteiger partial charge in [-0.3, -0.25) is 0 Å². The third kappa shape index (κ3) is 3.76. The molecule has 0 fully saturated rings. The Morgan fingerprint density at radius 3 is 2.35 bits per heavy atom. The molecule has 0 bridgehead atoms. The summed E-state index contributed by atoms with van der Waals surface area (Å²) in [5.41, 5.74) is 0.437. The van der Waals surface area contributed by atoms with Crippen LogP contribution in [0.3, 0.4) is 0 Å². The van der Waals surface area contributed by atoms with Gasteiger partial charge >= 0.3 is 0 Å². The van der Waals surface area contributed by atoms with Crippen LogP contribution in [0.1, 0.15) is 18.1 Å². The molecule has 1 rings (SSSR count). The lowest BCUT2D eigenvalue weighted by atomic mass is 10.1. The monoisotopic (exact) mass is 232 g/mol. The summed E-state index contributed by atoms with van der Waals surface area (Å²) in [6, 6.07) is 9.86. The molecule has 5 heteroatoms. The second-order valence-electron chi connectivity index (χ2n) is 3.34. The molecule has 0 aromatic heterocycles. The zero-order valence-electron chi connectivity index (χ0n) is 9.08. The number of hydrogen-bond acceptors (Lipinski definition) is 5. The molecule has 0 heterocycles. The van der Waals surface area contributed by atoms with Crippen LogP contribution in [0.2, 0.25) is 0 Å². The Balaban J connectivity index is 2.62. The Morgan fingerprint density at radius 2 is 1.82 bits per heavy atom. The summed E-state index contributed by atoms with van der Waals surface area (Å²) in [6.07, 6.45) is -2.37. The minimum atomic E-state index is -1.44. The first-order chi connectivity index (χ1) is 8.19. The van der Waals surface area contributed by atoms with E-state index in [0.29, 0.717) is 24.3 Å². The van der Waals surface area contributed by atoms with E-state index in [4.69, 9.17) is 20.4 Å². The topological polar surface area (TPSA) is 97.3 Å². The summed E-state index contributed by atoms with van der Waals surface area (Å²) in [4.78, 5) is 0. The molecular weight excluding hydrogens is 220 g/mol. The highest BCUT2D eigenvalue weighted by Gasteiger charge is 2.17. The summed E-state index contributed by atoms with van der Waals surface area (Å²) in [5, 5.41) is 35.5. The van der Waals surface area contributed by atoms with E-state index in [9.17, 15) is 5.11 Å². The third-order valence-electron chi connectivity index (χ3n) is 2.14. The van der Waals surface area contributed by atoms with Gasteiger partial charge in [-0.2, -0.15) is 10.5 Å². The van der Waals surface area contributed by atoms with E-state index in [1.54, 1.807) is 30.3 Å². The fourth-order valence-electron chi connectivity index (χ4n) is 1.23. The van der Waals surface area contributed by atoms with E-state index < -0.39 is 12.2 Å². The first-order valence-electron chi connectivity index (χ1n) is 5.04. The van der Waals surface area contributed by atoms with Crippen molar-refractivity contribution >= 4 is 0 Å². The van der Waals surface area contributed by atoms with Crippen molar-refractivity contribution in [2.45, 2.75) is 18.6 Å². The quantitative estimate of drug-likeness (QED) is 0.580. The van der Waals surface area contributed by atoms with Crippen LogP contribution in [0.5, 0.6) is 5.75 Å². The molecule has 88 valence electrons. The molecule has 0 spiro atoms. The maximum Gasteiger partial charge on any atom is 0.170 e. The Labute approximate surface area is 99.1 Å². The van der Waals surface area contributed by atoms with Crippen molar-refractivity contribution in [1.29, 1.82) is 10.5 Å². The van der Waals surface area contributed by atoms with Gasteiger partial charge in [-0.1, -0.05) is 12.1 Å². The van der Waals surface area contributed by atoms with Crippen LogP contribution in [0.25, 0.3) is 0 Å². The molecule has 17 heavy (non-hydrogen) atoms. The fourth-order valence-corrected chi connectivity index (χ4v) is 1.23. The van der Waals surface area contributed by atoms with E-state index in [1.165, 1.54) is 0 Å². The molecule has 2 N–H and O–H groups in total. The summed E-state index contributed by atoms with van der Waals surface area (Å²) >= 11 is 0. The Hall–Kier alpha value is -2.08. The zero-order chi connectivity index (χ0) is 12.7. The molecule has 2 unspecified atom stereocenters. The first kappa shape index (κ1) is 13.0. The van der Waals surface area contributed by atoms with E-state index in [0.717, 1.165) is 0 Å². The van der Waals surface area contributed by atoms with Crippen LogP contribution in [-0.4, -0.2) is 22.9 Å². The second kappa shape index (κ2) is 6.49. The molecule has 1 aromatic carbocycles. The van der Waals surface area contributed by atoms with E-state index >= 15 is 0 Å². The van der Waals surface area contributed by atoms with Crippen LogP contribution < -0.4 is 4.74 Å². The van der Waals surface area contributed by atoms with Crippen molar-refractivity contribution in [2.75, 3.05) is 6.61 Å². The van der Waals surface area contributed by atoms with Gasteiger partial charge in [0.2, 0.25) is 0 Å². The molecule has 0 amide bonds. The molecule has 1 aromatic rings. The fraction of sp³-hybridized carbons (Fsp3) is 0.333. The number of rotatable bonds is 5. The van der Waals surface area contributed by atoms with Crippen LogP contribution in [-0.2, 0) is 0 Å². The van der Waals surface area contributed by atoms with Gasteiger partial charge in [-0.25, -0.2) is 0 Å². The summed E-state index contributed by atoms with van der Waals surface area (Å²) < 4.78 is 5.24. The van der Waals surface area contributed by atoms with Crippen molar-refractivity contribution in [3.63, 3.8) is 0 Å². The van der Waals surface area contributed by atoms with Crippen LogP contribution in [0.4, 0.5) is 0 Å². The number of aliphatic hydroxyl groups is 2. The van der Waals surface area contributed by atoms with Crippen molar-refractivity contribution in [3.8, 4) is 17.9 Å². The summed E-state index contributed by atoms with van der Waals surface area (Å²) in [6.45, 7) is 0.305. The molecule has 0 saturated carbocycles. The van der Waals surface area contributed by atoms with Crippen molar-refractivity contribution in [2.24, 2.45) is 0 Å². The number of aliphatic hydroxyl groups excluding tert-OH is 2. The average molecular weight is 232 g/mol. The van der Waals surface area contributed by atoms with E-state index in [-0.39, 0.29) is 0 Å². The van der Waals surface area contributed by atoms with Gasteiger partial charge in [-0.15, -0.1) is 0 Å². The molecule has 0 aliphatic heterocycles. The van der Waals surface area contributed by atoms with E-state index in [1.807, 2.05) is 6.07 Å². The molecular formula is C12H12N2O3. The molecule has 2 atom stereocenters. The molecule has 0 aliphatic rings. The smallest absolute Gasteiger partial charge is 0.170 e. The van der Waals surface area contributed by atoms with Gasteiger partial charge in [0.15, 0.2) is 6.10 Å². The largest absolute Gasteiger partial charge is 0.493 e. The highest BCUT2D eigenvalue weighted by atomic mass is 16.5. The van der Waals surface area contributed by atoms with Crippen LogP contribution >= 0.6 is 0 Å². The van der Waals surface area contributed by atoms with Gasteiger partial charge in [0.25, 0.3) is 0 Å². The lowest BCUT2D eigenvalue weighted by Crippen LogP contribution is -2.15. The van der Waals surface area contributed by atoms with Gasteiger partial charge < -0.3 is 14.9 Å². The molecule has 0 saturated heterocycles. The van der Waals surface area contributed by atoms with Gasteiger partial charge in [0.05, 0.1) is 18.6 Å². The van der Waals surface area contributed by atoms with Crippen molar-refractivity contribution < 1.29 is 14.9 Å². The zero-order valence-corrected chi connectivity index (χ0v) is 9.08. The minimum Gasteiger partial charge on any atom is -0.493 e. The lowest BCUT2D eigenvalue weighted by molar-refractivity contribution is 0.0527. The molecule has 0 aliphatic carbocycles. The second-order valence-corrected chi connectivity index (χ2v) is 3.34. The molecule has 5 nitrogen and oxygen atoms in total. The maximum atomic E-state index is 9.54. The van der Waals surface area contributed by atoms with Gasteiger partial charge in [-0.05, 0) is 17.7 Å². The van der Waals surface area contributed by atoms with E-state index in [2.05, 4.69) is 0 Å². The highest BCUT2D eigenvalue weighted by Crippen LogP contribution is 2.20. The Kier molecular flexibility index (Phi) is 4.96. The number of hydrogen-bond donors (Lipinski definition) is 2. The third-order valence-corrected chi connectivity index (χ3v) is 2.14. The predicted octanol–water partition coefficient (Wildman–Crippen LogP) is 0.897.